The Labute approximate surface area is 188 Å². The molecule has 3 fully saturated rings. The van der Waals surface area contributed by atoms with Crippen molar-refractivity contribution >= 4 is 24.0 Å². The highest BCUT2D eigenvalue weighted by atomic mass is 16.6. The van der Waals surface area contributed by atoms with Crippen LogP contribution in [0.3, 0.4) is 0 Å². The SMILES string of the molecule is CN(C)CC1CC2(CCN(C(=O)c3ccc(N4CCOCC4)cc3)CC2)C(=O)O1.O=CO. The number of piperidine rings is 1. The smallest absolute Gasteiger partial charge is 0.312 e. The molecule has 0 radical (unpaired) electrons. The molecule has 0 aliphatic carbocycles. The summed E-state index contributed by atoms with van der Waals surface area (Å²) in [5.74, 6) is -0.0316. The molecule has 1 N–H and O–H groups in total. The number of likely N-dealkylation sites (N-methyl/N-ethyl adjacent to an activating group) is 1. The van der Waals surface area contributed by atoms with Crippen LogP contribution in [0.15, 0.2) is 24.3 Å². The van der Waals surface area contributed by atoms with Gasteiger partial charge in [0.15, 0.2) is 0 Å². The van der Waals surface area contributed by atoms with E-state index in [0.717, 1.165) is 45.0 Å². The predicted molar refractivity (Wildman–Crippen MR) is 119 cm³/mol. The van der Waals surface area contributed by atoms with Gasteiger partial charge < -0.3 is 29.3 Å². The zero-order chi connectivity index (χ0) is 23.1. The summed E-state index contributed by atoms with van der Waals surface area (Å²) < 4.78 is 11.0. The van der Waals surface area contributed by atoms with Crippen molar-refractivity contribution in [2.24, 2.45) is 5.41 Å². The number of morpholine rings is 1. The third-order valence-corrected chi connectivity index (χ3v) is 6.39. The summed E-state index contributed by atoms with van der Waals surface area (Å²) in [7, 11) is 3.98. The lowest BCUT2D eigenvalue weighted by atomic mass is 9.76. The number of carbonyl (C=O) groups is 3. The zero-order valence-corrected chi connectivity index (χ0v) is 18.9. The quantitative estimate of drug-likeness (QED) is 0.545. The van der Waals surface area contributed by atoms with Crippen LogP contribution < -0.4 is 4.90 Å². The van der Waals surface area contributed by atoms with E-state index in [0.29, 0.717) is 31.5 Å². The van der Waals surface area contributed by atoms with Gasteiger partial charge in [0.1, 0.15) is 6.10 Å². The number of cyclic esters (lactones) is 1. The summed E-state index contributed by atoms with van der Waals surface area (Å²) in [6.45, 7) is 4.97. The van der Waals surface area contributed by atoms with Crippen LogP contribution >= 0.6 is 0 Å². The van der Waals surface area contributed by atoms with Crippen molar-refractivity contribution < 1.29 is 29.0 Å². The molecule has 3 saturated heterocycles. The van der Waals surface area contributed by atoms with Gasteiger partial charge in [-0.15, -0.1) is 0 Å². The van der Waals surface area contributed by atoms with E-state index in [-0.39, 0.29) is 24.5 Å². The van der Waals surface area contributed by atoms with Crippen molar-refractivity contribution in [1.82, 2.24) is 9.80 Å². The van der Waals surface area contributed by atoms with E-state index in [1.54, 1.807) is 0 Å². The molecule has 176 valence electrons. The summed E-state index contributed by atoms with van der Waals surface area (Å²) in [6, 6.07) is 7.86. The zero-order valence-electron chi connectivity index (χ0n) is 18.9. The van der Waals surface area contributed by atoms with Crippen molar-refractivity contribution in [1.29, 1.82) is 0 Å². The number of amides is 1. The topological polar surface area (TPSA) is 99.6 Å². The van der Waals surface area contributed by atoms with E-state index >= 15 is 0 Å². The molecule has 1 atom stereocenters. The lowest BCUT2D eigenvalue weighted by Crippen LogP contribution is -2.45. The summed E-state index contributed by atoms with van der Waals surface area (Å²) in [5, 5.41) is 6.89. The molecule has 9 heteroatoms. The summed E-state index contributed by atoms with van der Waals surface area (Å²) in [5.41, 5.74) is 1.43. The first kappa shape index (κ1) is 24.0. The Kier molecular flexibility index (Phi) is 8.09. The van der Waals surface area contributed by atoms with Gasteiger partial charge in [-0.2, -0.15) is 0 Å². The molecular formula is C23H33N3O6. The van der Waals surface area contributed by atoms with E-state index in [1.807, 2.05) is 43.3 Å². The fourth-order valence-electron chi connectivity index (χ4n) is 4.71. The average Bonchev–Trinajstić information content (AvgIpc) is 3.08. The number of hydrogen-bond donors (Lipinski definition) is 1. The van der Waals surface area contributed by atoms with Crippen molar-refractivity contribution in [2.45, 2.75) is 25.4 Å². The number of anilines is 1. The Balaban J connectivity index is 0.000000913. The molecule has 3 aliphatic heterocycles. The number of ether oxygens (including phenoxy) is 2. The van der Waals surface area contributed by atoms with Gasteiger partial charge in [0.05, 0.1) is 18.6 Å². The van der Waals surface area contributed by atoms with Crippen LogP contribution in [0.5, 0.6) is 0 Å². The van der Waals surface area contributed by atoms with Crippen LogP contribution in [-0.2, 0) is 19.1 Å². The Morgan fingerprint density at radius 1 is 1.16 bits per heavy atom. The Morgan fingerprint density at radius 2 is 1.75 bits per heavy atom. The molecule has 4 rings (SSSR count). The first-order valence-corrected chi connectivity index (χ1v) is 11.0. The van der Waals surface area contributed by atoms with Crippen LogP contribution in [0.4, 0.5) is 5.69 Å². The van der Waals surface area contributed by atoms with Crippen molar-refractivity contribution in [3.63, 3.8) is 0 Å². The van der Waals surface area contributed by atoms with Gasteiger partial charge in [-0.25, -0.2) is 0 Å². The second-order valence-electron chi connectivity index (χ2n) is 8.82. The number of carboxylic acid groups (broad SMARTS) is 1. The molecule has 9 nitrogen and oxygen atoms in total. The van der Waals surface area contributed by atoms with E-state index in [2.05, 4.69) is 9.80 Å². The second kappa shape index (κ2) is 10.8. The molecule has 0 bridgehead atoms. The van der Waals surface area contributed by atoms with Gasteiger partial charge in [0, 0.05) is 50.4 Å². The number of rotatable bonds is 4. The van der Waals surface area contributed by atoms with Crippen molar-refractivity contribution in [3.05, 3.63) is 29.8 Å². The minimum absolute atomic E-state index is 0.0347. The third kappa shape index (κ3) is 5.58. The second-order valence-corrected chi connectivity index (χ2v) is 8.82. The maximum absolute atomic E-state index is 13.0. The molecule has 3 heterocycles. The van der Waals surface area contributed by atoms with Crippen LogP contribution in [0.25, 0.3) is 0 Å². The lowest BCUT2D eigenvalue weighted by Gasteiger charge is -2.36. The lowest BCUT2D eigenvalue weighted by molar-refractivity contribution is -0.150. The fraction of sp³-hybridized carbons (Fsp3) is 0.609. The highest BCUT2D eigenvalue weighted by molar-refractivity contribution is 5.95. The summed E-state index contributed by atoms with van der Waals surface area (Å²) in [4.78, 5) is 40.0. The van der Waals surface area contributed by atoms with E-state index in [9.17, 15) is 9.59 Å². The van der Waals surface area contributed by atoms with Crippen molar-refractivity contribution in [3.8, 4) is 0 Å². The monoisotopic (exact) mass is 447 g/mol. The van der Waals surface area contributed by atoms with Gasteiger partial charge in [0.2, 0.25) is 0 Å². The maximum Gasteiger partial charge on any atom is 0.312 e. The van der Waals surface area contributed by atoms with Gasteiger partial charge in [-0.05, 0) is 51.2 Å². The third-order valence-electron chi connectivity index (χ3n) is 6.39. The molecule has 1 spiro atoms. The minimum Gasteiger partial charge on any atom is -0.483 e. The van der Waals surface area contributed by atoms with Crippen molar-refractivity contribution in [2.75, 3.05) is 64.9 Å². The van der Waals surface area contributed by atoms with Crippen LogP contribution in [-0.4, -0.2) is 99.4 Å². The Morgan fingerprint density at radius 3 is 2.31 bits per heavy atom. The molecule has 32 heavy (non-hydrogen) atoms. The highest BCUT2D eigenvalue weighted by Crippen LogP contribution is 2.43. The van der Waals surface area contributed by atoms with E-state index in [4.69, 9.17) is 19.4 Å². The van der Waals surface area contributed by atoms with Gasteiger partial charge >= 0.3 is 5.97 Å². The number of carbonyl (C=O) groups excluding carboxylic acids is 2. The first-order chi connectivity index (χ1) is 15.4. The number of nitrogens with zero attached hydrogens (tertiary/aromatic N) is 3. The van der Waals surface area contributed by atoms with Gasteiger partial charge in [0.25, 0.3) is 12.4 Å². The van der Waals surface area contributed by atoms with E-state index < -0.39 is 5.41 Å². The van der Waals surface area contributed by atoms with E-state index in [1.165, 1.54) is 0 Å². The molecule has 1 amide bonds. The number of esters is 1. The predicted octanol–water partition coefficient (Wildman–Crippen LogP) is 1.32. The standard InChI is InChI=1S/C22H31N3O4.CH2O2/c1-23(2)16-19-15-22(21(27)29-19)7-9-25(10-8-22)20(26)17-3-5-18(6-4-17)24-11-13-28-14-12-24;2-1-3/h3-6,19H,7-16H2,1-2H3;1H,(H,2,3). The van der Waals surface area contributed by atoms with Crippen LogP contribution in [0.2, 0.25) is 0 Å². The largest absolute Gasteiger partial charge is 0.483 e. The maximum atomic E-state index is 13.0. The van der Waals surface area contributed by atoms with Crippen LogP contribution in [0, 0.1) is 5.41 Å². The molecule has 1 aromatic carbocycles. The normalized spacial score (nSPS) is 22.3. The molecule has 0 saturated carbocycles. The molecule has 0 aromatic heterocycles. The molecular weight excluding hydrogens is 414 g/mol. The number of likely N-dealkylation sites (tertiary alicyclic amines) is 1. The van der Waals surface area contributed by atoms with Gasteiger partial charge in [-0.1, -0.05) is 0 Å². The minimum atomic E-state index is -0.405. The Hall–Kier alpha value is -2.65. The molecule has 1 aromatic rings. The fourth-order valence-corrected chi connectivity index (χ4v) is 4.71. The highest BCUT2D eigenvalue weighted by Gasteiger charge is 2.50. The number of hydrogen-bond acceptors (Lipinski definition) is 7. The first-order valence-electron chi connectivity index (χ1n) is 11.0. The Bertz CT molecular complexity index is 783. The molecule has 1 unspecified atom stereocenters. The molecule has 3 aliphatic rings. The average molecular weight is 448 g/mol. The summed E-state index contributed by atoms with van der Waals surface area (Å²) in [6.07, 6.45) is 2.11. The summed E-state index contributed by atoms with van der Waals surface area (Å²) >= 11 is 0. The van der Waals surface area contributed by atoms with Crippen LogP contribution in [0.1, 0.15) is 29.6 Å². The number of benzene rings is 1. The van der Waals surface area contributed by atoms with Gasteiger partial charge in [-0.3, -0.25) is 14.4 Å².